The maximum Gasteiger partial charge on any atom is 0.212 e. The Morgan fingerprint density at radius 3 is 2.48 bits per heavy atom. The van der Waals surface area contributed by atoms with Gasteiger partial charge in [0.2, 0.25) is 5.88 Å². The summed E-state index contributed by atoms with van der Waals surface area (Å²) in [4.78, 5) is 17.1. The number of ketones is 1. The molecule has 3 nitrogen and oxygen atoms in total. The molecule has 0 fully saturated rings. The number of nitrogens with zero attached hydrogens (tertiary/aromatic N) is 1. The summed E-state index contributed by atoms with van der Waals surface area (Å²) in [5, 5.41) is 0.691. The van der Waals surface area contributed by atoms with Crippen LogP contribution in [0, 0.1) is 6.92 Å². The minimum Gasteiger partial charge on any atom is -0.481 e. The zero-order chi connectivity index (χ0) is 19.4. The monoisotopic (exact) mass is 443 g/mol. The highest BCUT2D eigenvalue weighted by atomic mass is 79.9. The summed E-state index contributed by atoms with van der Waals surface area (Å²) in [5.74, 6) is 0.460. The van der Waals surface area contributed by atoms with Gasteiger partial charge in [0.1, 0.15) is 0 Å². The molecule has 5 heteroatoms. The van der Waals surface area contributed by atoms with Gasteiger partial charge in [0.25, 0.3) is 0 Å². The topological polar surface area (TPSA) is 39.2 Å². The van der Waals surface area contributed by atoms with Crippen LogP contribution in [-0.4, -0.2) is 17.9 Å². The molecule has 0 radical (unpaired) electrons. The molecule has 0 saturated carbocycles. The van der Waals surface area contributed by atoms with Crippen LogP contribution in [0.25, 0.3) is 0 Å². The third-order valence-electron chi connectivity index (χ3n) is 4.54. The zero-order valence-corrected chi connectivity index (χ0v) is 17.4. The first-order chi connectivity index (χ1) is 13.0. The molecular weight excluding hydrogens is 426 g/mol. The van der Waals surface area contributed by atoms with E-state index in [1.807, 2.05) is 49.4 Å². The number of hydrogen-bond acceptors (Lipinski definition) is 3. The number of carbonyl (C=O) groups is 1. The number of halogens is 2. The standard InChI is InChI=1S/C22H19BrClNO2/c1-14-11-18(24)8-9-19(14)20(15-3-6-17(23)7-4-15)12-21(26)16-5-10-22(27-2)25-13-16/h3-11,13,20H,12H2,1-2H3. The van der Waals surface area contributed by atoms with Gasteiger partial charge >= 0.3 is 0 Å². The van der Waals surface area contributed by atoms with Gasteiger partial charge in [-0.3, -0.25) is 4.79 Å². The Kier molecular flexibility index (Phi) is 6.30. The summed E-state index contributed by atoms with van der Waals surface area (Å²) in [6, 6.07) is 17.3. The summed E-state index contributed by atoms with van der Waals surface area (Å²) in [6.07, 6.45) is 1.91. The molecule has 27 heavy (non-hydrogen) atoms. The van der Waals surface area contributed by atoms with Crippen molar-refractivity contribution in [3.05, 3.63) is 92.5 Å². The van der Waals surface area contributed by atoms with E-state index in [1.165, 1.54) is 0 Å². The summed E-state index contributed by atoms with van der Waals surface area (Å²) in [7, 11) is 1.55. The molecule has 1 unspecified atom stereocenters. The van der Waals surface area contributed by atoms with Gasteiger partial charge in [-0.15, -0.1) is 0 Å². The zero-order valence-electron chi connectivity index (χ0n) is 15.1. The average Bonchev–Trinajstić information content (AvgIpc) is 2.67. The van der Waals surface area contributed by atoms with Crippen molar-refractivity contribution in [3.63, 3.8) is 0 Å². The van der Waals surface area contributed by atoms with Crippen molar-refractivity contribution < 1.29 is 9.53 Å². The molecule has 0 spiro atoms. The maximum atomic E-state index is 12.9. The average molecular weight is 445 g/mol. The third-order valence-corrected chi connectivity index (χ3v) is 5.30. The quantitative estimate of drug-likeness (QED) is 0.424. The van der Waals surface area contributed by atoms with Gasteiger partial charge in [0, 0.05) is 39.7 Å². The Hall–Kier alpha value is -2.17. The van der Waals surface area contributed by atoms with Gasteiger partial charge in [-0.1, -0.05) is 45.7 Å². The van der Waals surface area contributed by atoms with E-state index in [2.05, 4.69) is 20.9 Å². The van der Waals surface area contributed by atoms with Gasteiger partial charge in [0.05, 0.1) is 7.11 Å². The largest absolute Gasteiger partial charge is 0.481 e. The van der Waals surface area contributed by atoms with Crippen LogP contribution in [0.4, 0.5) is 0 Å². The molecule has 0 amide bonds. The fourth-order valence-corrected chi connectivity index (χ4v) is 3.59. The molecule has 3 aromatic rings. The van der Waals surface area contributed by atoms with Gasteiger partial charge in [-0.2, -0.15) is 0 Å². The molecule has 1 atom stereocenters. The fourth-order valence-electron chi connectivity index (χ4n) is 3.10. The predicted octanol–water partition coefficient (Wildman–Crippen LogP) is 6.22. The van der Waals surface area contributed by atoms with Crippen LogP contribution in [0.15, 0.2) is 65.3 Å². The Morgan fingerprint density at radius 1 is 1.15 bits per heavy atom. The number of pyridine rings is 1. The van der Waals surface area contributed by atoms with Crippen LogP contribution in [0.2, 0.25) is 5.02 Å². The second-order valence-corrected chi connectivity index (χ2v) is 7.67. The highest BCUT2D eigenvalue weighted by Gasteiger charge is 2.21. The van der Waals surface area contributed by atoms with E-state index in [0.717, 1.165) is 21.2 Å². The Labute approximate surface area is 172 Å². The van der Waals surface area contributed by atoms with Crippen LogP contribution in [-0.2, 0) is 0 Å². The van der Waals surface area contributed by atoms with E-state index in [9.17, 15) is 4.79 Å². The molecule has 1 heterocycles. The first kappa shape index (κ1) is 19.6. The van der Waals surface area contributed by atoms with Gasteiger partial charge in [0.15, 0.2) is 5.78 Å². The predicted molar refractivity (Wildman–Crippen MR) is 112 cm³/mol. The Morgan fingerprint density at radius 2 is 1.89 bits per heavy atom. The molecule has 0 aliphatic heterocycles. The number of hydrogen-bond donors (Lipinski definition) is 0. The van der Waals surface area contributed by atoms with Crippen molar-refractivity contribution >= 4 is 33.3 Å². The molecule has 0 aliphatic rings. The SMILES string of the molecule is COc1ccc(C(=O)CC(c2ccc(Br)cc2)c2ccc(Cl)cc2C)cn1. The number of aromatic nitrogens is 1. The smallest absolute Gasteiger partial charge is 0.212 e. The van der Waals surface area contributed by atoms with Gasteiger partial charge < -0.3 is 4.74 Å². The number of aryl methyl sites for hydroxylation is 1. The van der Waals surface area contributed by atoms with E-state index in [-0.39, 0.29) is 11.7 Å². The molecule has 1 aromatic heterocycles. The number of ether oxygens (including phenoxy) is 1. The molecular formula is C22H19BrClNO2. The summed E-state index contributed by atoms with van der Waals surface area (Å²) < 4.78 is 6.07. The number of rotatable bonds is 6. The van der Waals surface area contributed by atoms with Crippen LogP contribution < -0.4 is 4.74 Å². The van der Waals surface area contributed by atoms with Crippen molar-refractivity contribution in [1.29, 1.82) is 0 Å². The minimum absolute atomic E-state index is 0.0346. The molecule has 0 saturated heterocycles. The van der Waals surface area contributed by atoms with E-state index in [4.69, 9.17) is 16.3 Å². The first-order valence-corrected chi connectivity index (χ1v) is 9.70. The van der Waals surface area contributed by atoms with E-state index in [0.29, 0.717) is 22.9 Å². The van der Waals surface area contributed by atoms with Crippen molar-refractivity contribution in [1.82, 2.24) is 4.98 Å². The molecule has 0 bridgehead atoms. The lowest BCUT2D eigenvalue weighted by Gasteiger charge is -2.20. The highest BCUT2D eigenvalue weighted by molar-refractivity contribution is 9.10. The van der Waals surface area contributed by atoms with Crippen LogP contribution in [0.1, 0.15) is 39.4 Å². The van der Waals surface area contributed by atoms with Crippen LogP contribution in [0.3, 0.4) is 0 Å². The number of Topliss-reactive ketones (excluding diaryl/α,β-unsaturated/α-hetero) is 1. The van der Waals surface area contributed by atoms with Gasteiger partial charge in [-0.05, 0) is 53.9 Å². The van der Waals surface area contributed by atoms with E-state index >= 15 is 0 Å². The minimum atomic E-state index is -0.0648. The molecule has 3 rings (SSSR count). The number of methoxy groups -OCH3 is 1. The van der Waals surface area contributed by atoms with Crippen LogP contribution >= 0.6 is 27.5 Å². The van der Waals surface area contributed by atoms with Crippen molar-refractivity contribution in [2.75, 3.05) is 7.11 Å². The second kappa shape index (κ2) is 8.68. The van der Waals surface area contributed by atoms with E-state index < -0.39 is 0 Å². The van der Waals surface area contributed by atoms with Gasteiger partial charge in [-0.25, -0.2) is 4.98 Å². The lowest BCUT2D eigenvalue weighted by atomic mass is 9.84. The molecule has 138 valence electrons. The normalized spacial score (nSPS) is 11.9. The molecule has 0 aliphatic carbocycles. The van der Waals surface area contributed by atoms with Crippen molar-refractivity contribution in [2.24, 2.45) is 0 Å². The Bertz CT molecular complexity index is 940. The number of carbonyl (C=O) groups excluding carboxylic acids is 1. The number of benzene rings is 2. The summed E-state index contributed by atoms with van der Waals surface area (Å²) >= 11 is 9.60. The van der Waals surface area contributed by atoms with Crippen molar-refractivity contribution in [3.8, 4) is 5.88 Å². The van der Waals surface area contributed by atoms with E-state index in [1.54, 1.807) is 25.4 Å². The Balaban J connectivity index is 1.96. The fraction of sp³-hybridized carbons (Fsp3) is 0.182. The molecule has 0 N–H and O–H groups in total. The maximum absolute atomic E-state index is 12.9. The first-order valence-electron chi connectivity index (χ1n) is 8.52. The van der Waals surface area contributed by atoms with Crippen molar-refractivity contribution in [2.45, 2.75) is 19.3 Å². The summed E-state index contributed by atoms with van der Waals surface area (Å²) in [5.41, 5.74) is 3.82. The second-order valence-electron chi connectivity index (χ2n) is 6.32. The lowest BCUT2D eigenvalue weighted by Crippen LogP contribution is -2.11. The van der Waals surface area contributed by atoms with Crippen LogP contribution in [0.5, 0.6) is 5.88 Å². The highest BCUT2D eigenvalue weighted by Crippen LogP contribution is 2.33. The summed E-state index contributed by atoms with van der Waals surface area (Å²) in [6.45, 7) is 2.02. The molecule has 2 aromatic carbocycles. The third kappa shape index (κ3) is 4.76. The lowest BCUT2D eigenvalue weighted by molar-refractivity contribution is 0.0977.